The van der Waals surface area contributed by atoms with Crippen LogP contribution in [0.15, 0.2) is 35.5 Å². The van der Waals surface area contributed by atoms with E-state index in [9.17, 15) is 19.2 Å². The van der Waals surface area contributed by atoms with E-state index in [4.69, 9.17) is 19.3 Å². The maximum Gasteiger partial charge on any atom is 0.333 e. The molecule has 31 heavy (non-hydrogen) atoms. The third-order valence-electron chi connectivity index (χ3n) is 6.97. The van der Waals surface area contributed by atoms with E-state index in [0.29, 0.717) is 31.3 Å². The summed E-state index contributed by atoms with van der Waals surface area (Å²) in [7, 11) is 1.30. The highest BCUT2D eigenvalue weighted by Gasteiger charge is 2.74. The van der Waals surface area contributed by atoms with Gasteiger partial charge in [0.15, 0.2) is 0 Å². The maximum absolute atomic E-state index is 13.4. The minimum Gasteiger partial charge on any atom is -0.478 e. The number of carboxylic acid groups (broad SMARTS) is 1. The van der Waals surface area contributed by atoms with E-state index in [1.807, 2.05) is 0 Å². The second-order valence-electron chi connectivity index (χ2n) is 8.67. The van der Waals surface area contributed by atoms with E-state index in [1.165, 1.54) is 27.0 Å². The number of carbonyl (C=O) groups is 4. The summed E-state index contributed by atoms with van der Waals surface area (Å²) in [6.07, 6.45) is 8.21. The third kappa shape index (κ3) is 3.58. The van der Waals surface area contributed by atoms with Crippen molar-refractivity contribution < 1.29 is 38.5 Å². The number of carbonyl (C=O) groups excluding carboxylic acids is 3. The number of rotatable bonds is 5. The van der Waals surface area contributed by atoms with Crippen LogP contribution in [0.2, 0.25) is 0 Å². The van der Waals surface area contributed by atoms with E-state index < -0.39 is 40.5 Å². The molecule has 0 aromatic carbocycles. The quantitative estimate of drug-likeness (QED) is 0.305. The van der Waals surface area contributed by atoms with Crippen molar-refractivity contribution in [3.05, 3.63) is 35.5 Å². The Morgan fingerprint density at radius 1 is 1.26 bits per heavy atom. The normalized spacial score (nSPS) is 35.0. The molecule has 1 saturated carbocycles. The van der Waals surface area contributed by atoms with Gasteiger partial charge in [-0.1, -0.05) is 18.2 Å². The van der Waals surface area contributed by atoms with Crippen LogP contribution in [0.4, 0.5) is 0 Å². The number of carboxylic acids is 1. The Morgan fingerprint density at radius 3 is 2.58 bits per heavy atom. The maximum atomic E-state index is 13.4. The van der Waals surface area contributed by atoms with E-state index in [2.05, 4.69) is 0 Å². The first-order chi connectivity index (χ1) is 14.5. The van der Waals surface area contributed by atoms with Crippen LogP contribution >= 0.6 is 0 Å². The van der Waals surface area contributed by atoms with Gasteiger partial charge in [0.25, 0.3) is 0 Å². The SMILES string of the molecule is COC(=O)C1=CC[C@@]23CC[C@@H]([C@@](C)(/C=C/C=C(/C)C(=O)O)OC2=O)[C@@]3(OC(C)=O)CC1. The van der Waals surface area contributed by atoms with Crippen molar-refractivity contribution in [2.75, 3.05) is 7.11 Å². The standard InChI is InChI=1S/C23H28O8/c1-14(18(25)26)6-5-10-21(3)17-9-12-22(20(28)31-21)11-7-16(19(27)29-4)8-13-23(17,22)30-15(2)24/h5-7,10,17H,8-9,11-13H2,1-4H3,(H,25,26)/b10-5+,14-6-/t17-,21+,22+,23-/m0/s1. The number of hydrogen-bond acceptors (Lipinski definition) is 7. The molecule has 168 valence electrons. The summed E-state index contributed by atoms with van der Waals surface area (Å²) in [4.78, 5) is 48.8. The number of cyclic esters (lactones) is 1. The van der Waals surface area contributed by atoms with Gasteiger partial charge in [0.1, 0.15) is 16.6 Å². The van der Waals surface area contributed by atoms with Crippen LogP contribution < -0.4 is 0 Å². The number of ether oxygens (including phenoxy) is 3. The molecule has 1 N–H and O–H groups in total. The Hall–Kier alpha value is -2.90. The van der Waals surface area contributed by atoms with E-state index in [0.717, 1.165) is 0 Å². The van der Waals surface area contributed by atoms with Crippen molar-refractivity contribution >= 4 is 23.9 Å². The van der Waals surface area contributed by atoms with Crippen LogP contribution in [0.1, 0.15) is 52.9 Å². The molecule has 3 rings (SSSR count). The molecule has 1 aliphatic heterocycles. The zero-order valence-corrected chi connectivity index (χ0v) is 18.2. The molecule has 0 amide bonds. The molecule has 8 nitrogen and oxygen atoms in total. The van der Waals surface area contributed by atoms with Crippen molar-refractivity contribution in [2.45, 2.75) is 64.1 Å². The third-order valence-corrected chi connectivity index (χ3v) is 6.97. The minimum absolute atomic E-state index is 0.138. The van der Waals surface area contributed by atoms with Crippen LogP contribution in [0.3, 0.4) is 0 Å². The van der Waals surface area contributed by atoms with Gasteiger partial charge in [-0.05, 0) is 52.0 Å². The number of methoxy groups -OCH3 is 1. The van der Waals surface area contributed by atoms with Crippen molar-refractivity contribution in [3.8, 4) is 0 Å². The Labute approximate surface area is 180 Å². The van der Waals surface area contributed by atoms with Gasteiger partial charge in [-0.2, -0.15) is 0 Å². The molecule has 4 atom stereocenters. The summed E-state index contributed by atoms with van der Waals surface area (Å²) in [6.45, 7) is 4.53. The molecule has 1 heterocycles. The highest BCUT2D eigenvalue weighted by molar-refractivity contribution is 5.89. The number of esters is 3. The van der Waals surface area contributed by atoms with Gasteiger partial charge in [-0.15, -0.1) is 0 Å². The molecule has 2 aliphatic carbocycles. The zero-order valence-electron chi connectivity index (χ0n) is 18.2. The highest BCUT2D eigenvalue weighted by Crippen LogP contribution is 2.65. The average Bonchev–Trinajstić information content (AvgIpc) is 2.84. The van der Waals surface area contributed by atoms with E-state index in [1.54, 1.807) is 25.2 Å². The van der Waals surface area contributed by atoms with Gasteiger partial charge >= 0.3 is 23.9 Å². The smallest absolute Gasteiger partial charge is 0.333 e. The molecule has 0 unspecified atom stereocenters. The fraction of sp³-hybridized carbons (Fsp3) is 0.565. The second-order valence-corrected chi connectivity index (χ2v) is 8.67. The summed E-state index contributed by atoms with van der Waals surface area (Å²) in [6, 6.07) is 0. The van der Waals surface area contributed by atoms with Gasteiger partial charge in [-0.3, -0.25) is 9.59 Å². The number of hydrogen-bond donors (Lipinski definition) is 1. The summed E-state index contributed by atoms with van der Waals surface area (Å²) in [5, 5.41) is 9.06. The Balaban J connectivity index is 2.07. The lowest BCUT2D eigenvalue weighted by Crippen LogP contribution is -2.65. The first-order valence-electron chi connectivity index (χ1n) is 10.3. The molecule has 0 spiro atoms. The van der Waals surface area contributed by atoms with Gasteiger partial charge < -0.3 is 19.3 Å². The van der Waals surface area contributed by atoms with Crippen LogP contribution in [-0.2, 0) is 33.4 Å². The molecule has 1 saturated heterocycles. The lowest BCUT2D eigenvalue weighted by atomic mass is 9.62. The van der Waals surface area contributed by atoms with Crippen LogP contribution in [0.25, 0.3) is 0 Å². The number of allylic oxidation sites excluding steroid dienone is 3. The first-order valence-corrected chi connectivity index (χ1v) is 10.3. The molecule has 0 radical (unpaired) electrons. The average molecular weight is 432 g/mol. The largest absolute Gasteiger partial charge is 0.478 e. The Kier molecular flexibility index (Phi) is 5.86. The predicted molar refractivity (Wildman–Crippen MR) is 109 cm³/mol. The lowest BCUT2D eigenvalue weighted by molar-refractivity contribution is -0.235. The van der Waals surface area contributed by atoms with E-state index in [-0.39, 0.29) is 17.9 Å². The van der Waals surface area contributed by atoms with Gasteiger partial charge in [0, 0.05) is 24.0 Å². The molecule has 3 aliphatic rings. The van der Waals surface area contributed by atoms with Crippen LogP contribution in [0, 0.1) is 11.3 Å². The first kappa shape index (κ1) is 22.8. The van der Waals surface area contributed by atoms with Gasteiger partial charge in [0.05, 0.1) is 7.11 Å². The summed E-state index contributed by atoms with van der Waals surface area (Å²) in [5.74, 6) is -2.83. The van der Waals surface area contributed by atoms with Gasteiger partial charge in [-0.25, -0.2) is 9.59 Å². The topological polar surface area (TPSA) is 116 Å². The second kappa shape index (κ2) is 7.98. The van der Waals surface area contributed by atoms with Crippen LogP contribution in [-0.4, -0.2) is 47.3 Å². The molecule has 0 aromatic rings. The summed E-state index contributed by atoms with van der Waals surface area (Å²) >= 11 is 0. The minimum atomic E-state index is -1.13. The van der Waals surface area contributed by atoms with Crippen molar-refractivity contribution in [2.24, 2.45) is 11.3 Å². The predicted octanol–water partition coefficient (Wildman–Crippen LogP) is 2.87. The summed E-state index contributed by atoms with van der Waals surface area (Å²) < 4.78 is 16.7. The van der Waals surface area contributed by atoms with Crippen molar-refractivity contribution in [1.82, 2.24) is 0 Å². The molecule has 0 aromatic heterocycles. The monoisotopic (exact) mass is 432 g/mol. The molecular weight excluding hydrogens is 404 g/mol. The van der Waals surface area contributed by atoms with E-state index >= 15 is 0 Å². The Morgan fingerprint density at radius 2 is 1.97 bits per heavy atom. The van der Waals surface area contributed by atoms with Crippen LogP contribution in [0.5, 0.6) is 0 Å². The fourth-order valence-electron chi connectivity index (χ4n) is 5.45. The Bertz CT molecular complexity index is 913. The van der Waals surface area contributed by atoms with Crippen molar-refractivity contribution in [3.63, 3.8) is 0 Å². The number of aliphatic carboxylic acids is 1. The summed E-state index contributed by atoms with van der Waals surface area (Å²) in [5.41, 5.74) is -2.71. The molecule has 8 heteroatoms. The fourth-order valence-corrected chi connectivity index (χ4v) is 5.45. The highest BCUT2D eigenvalue weighted by atomic mass is 16.6. The molecule has 2 bridgehead atoms. The lowest BCUT2D eigenvalue weighted by Gasteiger charge is -2.54. The molecular formula is C23H28O8. The molecule has 2 fully saturated rings. The van der Waals surface area contributed by atoms with Gasteiger partial charge in [0.2, 0.25) is 0 Å². The van der Waals surface area contributed by atoms with Crippen molar-refractivity contribution in [1.29, 1.82) is 0 Å². The zero-order chi connectivity index (χ0) is 23.0.